The highest BCUT2D eigenvalue weighted by atomic mass is 16.7. The molecule has 1 unspecified atom stereocenters. The molecule has 0 radical (unpaired) electrons. The van der Waals surface area contributed by atoms with Crippen molar-refractivity contribution in [3.8, 4) is 0 Å². The summed E-state index contributed by atoms with van der Waals surface area (Å²) < 4.78 is 11.9. The fourth-order valence-corrected chi connectivity index (χ4v) is 9.54. The van der Waals surface area contributed by atoms with E-state index >= 15 is 0 Å². The first kappa shape index (κ1) is 25.4. The van der Waals surface area contributed by atoms with E-state index < -0.39 is 30.7 Å². The van der Waals surface area contributed by atoms with Gasteiger partial charge in [-0.3, -0.25) is 0 Å². The third-order valence-electron chi connectivity index (χ3n) is 11.7. The number of hydrogen-bond donors (Lipinski definition) is 5. The number of rotatable bonds is 3. The predicted molar refractivity (Wildman–Crippen MR) is 128 cm³/mol. The van der Waals surface area contributed by atoms with E-state index in [9.17, 15) is 20.4 Å². The number of hydrogen-bond acceptors (Lipinski definition) is 7. The molecule has 0 bridgehead atoms. The second kappa shape index (κ2) is 8.64. The molecule has 0 aromatic carbocycles. The van der Waals surface area contributed by atoms with Gasteiger partial charge >= 0.3 is 0 Å². The SMILES string of the molecule is C[C@@H](O)[C@H]1CC[C@]2(N)[C@@H]3CC[C@@H]4C[C@@H](OC5O[C@H](C)[C@@H](O)[C@H](O)[C@@H]5O)CC[C@]4(C)[C@H]3CC[C@]12C. The molecule has 14 atom stereocenters. The summed E-state index contributed by atoms with van der Waals surface area (Å²) in [5, 5.41) is 41.0. The van der Waals surface area contributed by atoms with Crippen molar-refractivity contribution in [2.24, 2.45) is 40.2 Å². The molecule has 1 saturated heterocycles. The molecule has 34 heavy (non-hydrogen) atoms. The molecule has 4 saturated carbocycles. The van der Waals surface area contributed by atoms with Gasteiger partial charge in [0.05, 0.1) is 18.3 Å². The zero-order valence-electron chi connectivity index (χ0n) is 21.4. The van der Waals surface area contributed by atoms with Crippen molar-refractivity contribution in [3.05, 3.63) is 0 Å². The van der Waals surface area contributed by atoms with Crippen molar-refractivity contribution >= 4 is 0 Å². The van der Waals surface area contributed by atoms with Gasteiger partial charge in [0.15, 0.2) is 6.29 Å². The van der Waals surface area contributed by atoms with Gasteiger partial charge in [-0.25, -0.2) is 0 Å². The van der Waals surface area contributed by atoms with Crippen LogP contribution in [-0.4, -0.2) is 68.9 Å². The van der Waals surface area contributed by atoms with Crippen molar-refractivity contribution < 1.29 is 29.9 Å². The van der Waals surface area contributed by atoms with Gasteiger partial charge in [-0.15, -0.1) is 0 Å². The molecule has 1 heterocycles. The number of fused-ring (bicyclic) bond motifs is 5. The summed E-state index contributed by atoms with van der Waals surface area (Å²) >= 11 is 0. The highest BCUT2D eigenvalue weighted by molar-refractivity contribution is 5.19. The van der Waals surface area contributed by atoms with Crippen LogP contribution in [0.1, 0.15) is 85.5 Å². The zero-order valence-corrected chi connectivity index (χ0v) is 21.4. The third kappa shape index (κ3) is 3.56. The summed E-state index contributed by atoms with van der Waals surface area (Å²) in [5.74, 6) is 1.95. The van der Waals surface area contributed by atoms with Crippen molar-refractivity contribution in [3.63, 3.8) is 0 Å². The molecule has 6 N–H and O–H groups in total. The van der Waals surface area contributed by atoms with E-state index in [-0.39, 0.29) is 28.6 Å². The van der Waals surface area contributed by atoms with Crippen molar-refractivity contribution in [1.29, 1.82) is 0 Å². The minimum Gasteiger partial charge on any atom is -0.393 e. The van der Waals surface area contributed by atoms with Crippen molar-refractivity contribution in [2.75, 3.05) is 0 Å². The van der Waals surface area contributed by atoms with Gasteiger partial charge in [-0.05, 0) is 106 Å². The Labute approximate surface area is 204 Å². The number of ether oxygens (including phenoxy) is 2. The Hall–Kier alpha value is -0.280. The first-order chi connectivity index (χ1) is 15.9. The quantitative estimate of drug-likeness (QED) is 0.392. The van der Waals surface area contributed by atoms with E-state index in [0.717, 1.165) is 51.4 Å². The Morgan fingerprint density at radius 1 is 0.912 bits per heavy atom. The second-order valence-corrected chi connectivity index (χ2v) is 13.1. The first-order valence-corrected chi connectivity index (χ1v) is 13.7. The van der Waals surface area contributed by atoms with Crippen LogP contribution < -0.4 is 5.73 Å². The Kier molecular flexibility index (Phi) is 6.45. The van der Waals surface area contributed by atoms with Crippen LogP contribution in [0.5, 0.6) is 0 Å². The smallest absolute Gasteiger partial charge is 0.186 e. The molecule has 4 aliphatic carbocycles. The Morgan fingerprint density at radius 2 is 1.65 bits per heavy atom. The molecule has 5 rings (SSSR count). The van der Waals surface area contributed by atoms with Crippen LogP contribution in [0.25, 0.3) is 0 Å². The lowest BCUT2D eigenvalue weighted by Crippen LogP contribution is -2.67. The summed E-state index contributed by atoms with van der Waals surface area (Å²) in [6.45, 7) is 8.47. The normalized spacial score (nSPS) is 58.5. The molecule has 0 aromatic rings. The molecule has 0 spiro atoms. The van der Waals surface area contributed by atoms with E-state index in [1.54, 1.807) is 6.92 Å². The molecule has 7 nitrogen and oxygen atoms in total. The van der Waals surface area contributed by atoms with Gasteiger partial charge in [0, 0.05) is 5.54 Å². The molecule has 0 amide bonds. The highest BCUT2D eigenvalue weighted by Crippen LogP contribution is 2.68. The third-order valence-corrected chi connectivity index (χ3v) is 11.7. The van der Waals surface area contributed by atoms with Gasteiger partial charge in [0.1, 0.15) is 18.3 Å². The van der Waals surface area contributed by atoms with Gasteiger partial charge in [0.2, 0.25) is 0 Å². The van der Waals surface area contributed by atoms with Crippen molar-refractivity contribution in [1.82, 2.24) is 0 Å². The summed E-state index contributed by atoms with van der Waals surface area (Å²) in [6.07, 6.45) is 4.12. The van der Waals surface area contributed by atoms with E-state index in [0.29, 0.717) is 23.7 Å². The van der Waals surface area contributed by atoms with Crippen LogP contribution in [0.3, 0.4) is 0 Å². The van der Waals surface area contributed by atoms with Crippen LogP contribution in [0, 0.1) is 34.5 Å². The maximum atomic E-state index is 10.5. The Balaban J connectivity index is 1.29. The van der Waals surface area contributed by atoms with Crippen LogP contribution in [-0.2, 0) is 9.47 Å². The molecule has 0 aromatic heterocycles. The maximum absolute atomic E-state index is 10.5. The summed E-state index contributed by atoms with van der Waals surface area (Å²) in [4.78, 5) is 0. The van der Waals surface area contributed by atoms with Crippen LogP contribution in [0.2, 0.25) is 0 Å². The lowest BCUT2D eigenvalue weighted by atomic mass is 9.42. The second-order valence-electron chi connectivity index (χ2n) is 13.1. The van der Waals surface area contributed by atoms with Crippen molar-refractivity contribution in [2.45, 2.75) is 134 Å². The Morgan fingerprint density at radius 3 is 2.35 bits per heavy atom. The average Bonchev–Trinajstić information content (AvgIpc) is 3.07. The minimum atomic E-state index is -1.26. The number of aliphatic hydroxyl groups excluding tert-OH is 4. The lowest BCUT2D eigenvalue weighted by Gasteiger charge is -2.64. The summed E-state index contributed by atoms with van der Waals surface area (Å²) in [5.41, 5.74) is 7.40. The monoisotopic (exact) mass is 481 g/mol. The largest absolute Gasteiger partial charge is 0.393 e. The topological polar surface area (TPSA) is 125 Å². The maximum Gasteiger partial charge on any atom is 0.186 e. The van der Waals surface area contributed by atoms with Crippen LogP contribution >= 0.6 is 0 Å². The van der Waals surface area contributed by atoms with Gasteiger partial charge < -0.3 is 35.6 Å². The predicted octanol–water partition coefficient (Wildman–Crippen LogP) is 2.32. The standard InChI is InChI=1S/C27H47NO6/c1-14(29)18-9-12-27(28)20-6-5-16-13-17(34-24-23(32)22(31)21(30)15(2)33-24)7-10-25(16,3)19(20)8-11-26(18,27)4/h14-24,29-32H,5-13,28H2,1-4H3/t14-,15-,16-,17+,18-,19+,20-,21-,22+,23+,24?,25+,26-,27+/m1/s1. The van der Waals surface area contributed by atoms with E-state index in [2.05, 4.69) is 13.8 Å². The summed E-state index contributed by atoms with van der Waals surface area (Å²) in [6, 6.07) is 0. The van der Waals surface area contributed by atoms with E-state index in [4.69, 9.17) is 15.2 Å². The molecule has 196 valence electrons. The minimum absolute atomic E-state index is 0.0163. The van der Waals surface area contributed by atoms with Gasteiger partial charge in [0.25, 0.3) is 0 Å². The molecule has 7 heteroatoms. The molecular weight excluding hydrogens is 434 g/mol. The summed E-state index contributed by atoms with van der Waals surface area (Å²) in [7, 11) is 0. The van der Waals surface area contributed by atoms with E-state index in [1.165, 1.54) is 6.42 Å². The molecule has 5 fully saturated rings. The Bertz CT molecular complexity index is 765. The zero-order chi connectivity index (χ0) is 24.6. The van der Waals surface area contributed by atoms with E-state index in [1.807, 2.05) is 6.92 Å². The van der Waals surface area contributed by atoms with Gasteiger partial charge in [-0.2, -0.15) is 0 Å². The van der Waals surface area contributed by atoms with Gasteiger partial charge in [-0.1, -0.05) is 13.8 Å². The average molecular weight is 482 g/mol. The number of aliphatic hydroxyl groups is 4. The van der Waals surface area contributed by atoms with Crippen LogP contribution in [0.15, 0.2) is 0 Å². The lowest BCUT2D eigenvalue weighted by molar-refractivity contribution is -0.309. The fraction of sp³-hybridized carbons (Fsp3) is 1.00. The van der Waals surface area contributed by atoms with Crippen LogP contribution in [0.4, 0.5) is 0 Å². The number of nitrogens with two attached hydrogens (primary N) is 1. The molecular formula is C27H47NO6. The first-order valence-electron chi connectivity index (χ1n) is 13.7. The molecule has 5 aliphatic rings. The fourth-order valence-electron chi connectivity index (χ4n) is 9.54. The highest BCUT2D eigenvalue weighted by Gasteiger charge is 2.66. The molecule has 1 aliphatic heterocycles.